The van der Waals surface area contributed by atoms with Gasteiger partial charge in [0, 0.05) is 22.8 Å². The monoisotopic (exact) mass is 268 g/mol. The van der Waals surface area contributed by atoms with Crippen LogP contribution in [0.15, 0.2) is 42.5 Å². The summed E-state index contributed by atoms with van der Waals surface area (Å²) in [6, 6.07) is 14.6. The molecule has 0 aliphatic rings. The number of nitrogens with one attached hydrogen (secondary N) is 1. The third-order valence-corrected chi connectivity index (χ3v) is 3.51. The first-order chi connectivity index (χ1) is 9.75. The molecule has 0 atom stereocenters. The Morgan fingerprint density at radius 1 is 1.00 bits per heavy atom. The fourth-order valence-corrected chi connectivity index (χ4v) is 2.53. The highest BCUT2D eigenvalue weighted by Crippen LogP contribution is 2.31. The third-order valence-electron chi connectivity index (χ3n) is 3.51. The number of fused-ring (bicyclic) bond motifs is 3. The molecule has 0 fully saturated rings. The van der Waals surface area contributed by atoms with E-state index >= 15 is 0 Å². The van der Waals surface area contributed by atoms with Gasteiger partial charge in [-0.1, -0.05) is 30.3 Å². The lowest BCUT2D eigenvalue weighted by molar-refractivity contribution is 0.284. The molecule has 0 saturated heterocycles. The van der Waals surface area contributed by atoms with Gasteiger partial charge in [0.15, 0.2) is 0 Å². The Morgan fingerprint density at radius 2 is 1.80 bits per heavy atom. The minimum absolute atomic E-state index is 0.743. The highest BCUT2D eigenvalue weighted by Gasteiger charge is 2.08. The Morgan fingerprint density at radius 3 is 2.65 bits per heavy atom. The van der Waals surface area contributed by atoms with Crippen molar-refractivity contribution in [3.05, 3.63) is 42.5 Å². The molecule has 0 aliphatic heterocycles. The maximum atomic E-state index is 5.94. The van der Waals surface area contributed by atoms with Crippen LogP contribution in [-0.4, -0.2) is 37.1 Å². The van der Waals surface area contributed by atoms with Crippen LogP contribution in [0, 0.1) is 0 Å². The van der Waals surface area contributed by atoms with E-state index in [-0.39, 0.29) is 0 Å². The lowest BCUT2D eigenvalue weighted by Gasteiger charge is -2.10. The second-order valence-electron chi connectivity index (χ2n) is 5.35. The predicted molar refractivity (Wildman–Crippen MR) is 84.5 cm³/mol. The first kappa shape index (κ1) is 13.0. The number of ether oxygens (including phenoxy) is 1. The zero-order chi connectivity index (χ0) is 13.9. The minimum Gasteiger partial charge on any atom is -0.491 e. The molecule has 1 heterocycles. The summed E-state index contributed by atoms with van der Waals surface area (Å²) in [5.74, 6) is 0.942. The molecule has 0 saturated carbocycles. The van der Waals surface area contributed by atoms with E-state index < -0.39 is 0 Å². The maximum absolute atomic E-state index is 5.94. The molecule has 0 amide bonds. The molecular formula is C17H20N2O. The van der Waals surface area contributed by atoms with E-state index in [0.29, 0.717) is 0 Å². The van der Waals surface area contributed by atoms with Crippen molar-refractivity contribution in [3.8, 4) is 5.75 Å². The van der Waals surface area contributed by atoms with Crippen LogP contribution < -0.4 is 4.74 Å². The van der Waals surface area contributed by atoms with Crippen LogP contribution in [0.5, 0.6) is 5.75 Å². The molecule has 104 valence electrons. The summed E-state index contributed by atoms with van der Waals surface area (Å²) in [5, 5.41) is 2.48. The fourth-order valence-electron chi connectivity index (χ4n) is 2.53. The van der Waals surface area contributed by atoms with Gasteiger partial charge in [0.05, 0.1) is 12.1 Å². The zero-order valence-electron chi connectivity index (χ0n) is 12.0. The number of hydrogen-bond acceptors (Lipinski definition) is 2. The van der Waals surface area contributed by atoms with Gasteiger partial charge in [-0.15, -0.1) is 0 Å². The van der Waals surface area contributed by atoms with E-state index in [1.54, 1.807) is 0 Å². The Balaban J connectivity index is 1.87. The third kappa shape index (κ3) is 2.49. The topological polar surface area (TPSA) is 28.3 Å². The van der Waals surface area contributed by atoms with Crippen molar-refractivity contribution < 1.29 is 4.74 Å². The van der Waals surface area contributed by atoms with Crippen molar-refractivity contribution in [2.24, 2.45) is 0 Å². The summed E-state index contributed by atoms with van der Waals surface area (Å²) in [6.45, 7) is 1.79. The van der Waals surface area contributed by atoms with E-state index in [9.17, 15) is 0 Å². The summed E-state index contributed by atoms with van der Waals surface area (Å²) < 4.78 is 5.94. The molecule has 2 aromatic carbocycles. The van der Waals surface area contributed by atoms with Gasteiger partial charge in [-0.3, -0.25) is 0 Å². The highest BCUT2D eigenvalue weighted by molar-refractivity contribution is 6.09. The number of nitrogens with zero attached hydrogens (tertiary/aromatic N) is 1. The van der Waals surface area contributed by atoms with Crippen LogP contribution in [0.25, 0.3) is 21.8 Å². The second-order valence-corrected chi connectivity index (χ2v) is 5.35. The summed E-state index contributed by atoms with van der Waals surface area (Å²) in [7, 11) is 4.16. The largest absolute Gasteiger partial charge is 0.491 e. The predicted octanol–water partition coefficient (Wildman–Crippen LogP) is 3.65. The molecule has 0 radical (unpaired) electrons. The van der Waals surface area contributed by atoms with Crippen molar-refractivity contribution in [1.29, 1.82) is 0 Å². The minimum atomic E-state index is 0.743. The van der Waals surface area contributed by atoms with E-state index in [2.05, 4.69) is 60.4 Å². The van der Waals surface area contributed by atoms with Crippen molar-refractivity contribution >= 4 is 21.8 Å². The van der Waals surface area contributed by atoms with E-state index in [0.717, 1.165) is 36.4 Å². The summed E-state index contributed by atoms with van der Waals surface area (Å²) in [5.41, 5.74) is 2.25. The summed E-state index contributed by atoms with van der Waals surface area (Å²) in [6.07, 6.45) is 1.03. The molecule has 0 spiro atoms. The molecule has 0 unspecified atom stereocenters. The van der Waals surface area contributed by atoms with Crippen LogP contribution in [0.3, 0.4) is 0 Å². The van der Waals surface area contributed by atoms with Crippen molar-refractivity contribution in [2.45, 2.75) is 6.42 Å². The van der Waals surface area contributed by atoms with Crippen LogP contribution in [0.2, 0.25) is 0 Å². The quantitative estimate of drug-likeness (QED) is 0.715. The Kier molecular flexibility index (Phi) is 3.61. The number of aromatic amines is 1. The van der Waals surface area contributed by atoms with Gasteiger partial charge >= 0.3 is 0 Å². The number of hydrogen-bond donors (Lipinski definition) is 1. The van der Waals surface area contributed by atoms with Gasteiger partial charge in [-0.2, -0.15) is 0 Å². The molecule has 1 N–H and O–H groups in total. The number of aromatic nitrogens is 1. The lowest BCUT2D eigenvalue weighted by Crippen LogP contribution is -2.15. The Labute approximate surface area is 119 Å². The molecule has 3 nitrogen and oxygen atoms in total. The van der Waals surface area contributed by atoms with Gasteiger partial charge in [0.25, 0.3) is 0 Å². The van der Waals surface area contributed by atoms with Gasteiger partial charge in [0.1, 0.15) is 5.75 Å². The van der Waals surface area contributed by atoms with Crippen LogP contribution in [-0.2, 0) is 0 Å². The first-order valence-corrected chi connectivity index (χ1v) is 7.02. The molecule has 0 bridgehead atoms. The average molecular weight is 268 g/mol. The second kappa shape index (κ2) is 5.55. The Bertz CT molecular complexity index is 715. The van der Waals surface area contributed by atoms with Gasteiger partial charge in [-0.05, 0) is 32.6 Å². The highest BCUT2D eigenvalue weighted by atomic mass is 16.5. The fraction of sp³-hybridized carbons (Fsp3) is 0.294. The van der Waals surface area contributed by atoms with Gasteiger partial charge in [-0.25, -0.2) is 0 Å². The van der Waals surface area contributed by atoms with E-state index in [4.69, 9.17) is 4.74 Å². The molecule has 0 aliphatic carbocycles. The maximum Gasteiger partial charge on any atom is 0.143 e. The normalized spacial score (nSPS) is 11.6. The van der Waals surface area contributed by atoms with Gasteiger partial charge in [0.2, 0.25) is 0 Å². The molecule has 3 aromatic rings. The standard InChI is InChI=1S/C17H20N2O/c1-19(2)11-6-12-20-16-10-5-8-14-13-7-3-4-9-15(13)18-17(14)16/h3-5,7-10,18H,6,11-12H2,1-2H3. The number of H-pyrrole nitrogens is 1. The Hall–Kier alpha value is -2.00. The van der Waals surface area contributed by atoms with Crippen LogP contribution >= 0.6 is 0 Å². The van der Waals surface area contributed by atoms with E-state index in [1.165, 1.54) is 10.8 Å². The average Bonchev–Trinajstić information content (AvgIpc) is 2.83. The molecule has 3 heteroatoms. The van der Waals surface area contributed by atoms with Crippen molar-refractivity contribution in [3.63, 3.8) is 0 Å². The van der Waals surface area contributed by atoms with Crippen molar-refractivity contribution in [1.82, 2.24) is 9.88 Å². The van der Waals surface area contributed by atoms with Crippen molar-refractivity contribution in [2.75, 3.05) is 27.2 Å². The van der Waals surface area contributed by atoms with Crippen LogP contribution in [0.4, 0.5) is 0 Å². The smallest absolute Gasteiger partial charge is 0.143 e. The summed E-state index contributed by atoms with van der Waals surface area (Å²) in [4.78, 5) is 5.63. The lowest BCUT2D eigenvalue weighted by atomic mass is 10.1. The molecule has 1 aromatic heterocycles. The summed E-state index contributed by atoms with van der Waals surface area (Å²) >= 11 is 0. The molecule has 3 rings (SSSR count). The number of rotatable bonds is 5. The number of para-hydroxylation sites is 2. The van der Waals surface area contributed by atoms with E-state index in [1.807, 2.05) is 6.07 Å². The van der Waals surface area contributed by atoms with Crippen LogP contribution in [0.1, 0.15) is 6.42 Å². The molecular weight excluding hydrogens is 248 g/mol. The first-order valence-electron chi connectivity index (χ1n) is 7.02. The number of benzene rings is 2. The zero-order valence-corrected chi connectivity index (χ0v) is 12.0. The molecule has 20 heavy (non-hydrogen) atoms. The van der Waals surface area contributed by atoms with Gasteiger partial charge < -0.3 is 14.6 Å². The SMILES string of the molecule is CN(C)CCCOc1cccc2c1[nH]c1ccccc12.